The van der Waals surface area contributed by atoms with Crippen LogP contribution in [0.4, 0.5) is 0 Å². The minimum atomic E-state index is -0.261. The van der Waals surface area contributed by atoms with Crippen LogP contribution in [0.15, 0.2) is 0 Å². The molecule has 0 atom stereocenters. The summed E-state index contributed by atoms with van der Waals surface area (Å²) in [6.45, 7) is 4.01. The molecule has 0 fully saturated rings. The van der Waals surface area contributed by atoms with Gasteiger partial charge >= 0.3 is 5.97 Å². The van der Waals surface area contributed by atoms with E-state index in [2.05, 4.69) is 0 Å². The number of hydrogen-bond acceptors (Lipinski definition) is 3. The zero-order chi connectivity index (χ0) is 10.4. The average molecular weight is 187 g/mol. The molecule has 0 spiro atoms. The fourth-order valence-electron chi connectivity index (χ4n) is 0.701. The normalized spacial score (nSPS) is 9.85. The highest BCUT2D eigenvalue weighted by atomic mass is 16.5. The Morgan fingerprint density at radius 2 is 2.15 bits per heavy atom. The summed E-state index contributed by atoms with van der Waals surface area (Å²) in [6, 6.07) is 0. The molecule has 0 aromatic carbocycles. The Labute approximate surface area is 78.4 Å². The molecule has 0 saturated heterocycles. The van der Waals surface area contributed by atoms with Gasteiger partial charge in [0.05, 0.1) is 12.5 Å². The van der Waals surface area contributed by atoms with Crippen LogP contribution in [-0.4, -0.2) is 36.5 Å². The molecule has 3 N–H and O–H groups in total. The first-order valence-electron chi connectivity index (χ1n) is 4.18. The molecule has 76 valence electrons. The van der Waals surface area contributed by atoms with Gasteiger partial charge in [0.25, 0.3) is 0 Å². The van der Waals surface area contributed by atoms with Crippen LogP contribution >= 0.6 is 0 Å². The molecule has 0 aliphatic carbocycles. The lowest BCUT2D eigenvalue weighted by molar-refractivity contribution is -0.147. The summed E-state index contributed by atoms with van der Waals surface area (Å²) in [5.74, 6) is -0.305. The van der Waals surface area contributed by atoms with Crippen molar-refractivity contribution in [2.45, 2.75) is 26.4 Å². The van der Waals surface area contributed by atoms with Gasteiger partial charge in [-0.3, -0.25) is 10.2 Å². The number of carbonyl (C=O) groups is 1. The van der Waals surface area contributed by atoms with E-state index < -0.39 is 0 Å². The molecule has 13 heavy (non-hydrogen) atoms. The molecule has 0 aromatic rings. The monoisotopic (exact) mass is 187 g/mol. The van der Waals surface area contributed by atoms with E-state index in [1.165, 1.54) is 4.90 Å². The van der Waals surface area contributed by atoms with Crippen LogP contribution in [0.25, 0.3) is 0 Å². The maximum atomic E-state index is 11.0. The van der Waals surface area contributed by atoms with Gasteiger partial charge in [0.2, 0.25) is 0 Å². The maximum absolute atomic E-state index is 11.0. The molecule has 0 saturated carbocycles. The summed E-state index contributed by atoms with van der Waals surface area (Å²) >= 11 is 0. The minimum absolute atomic E-state index is 0.0441. The quantitative estimate of drug-likeness (QED) is 0.373. The number of rotatable bonds is 4. The van der Waals surface area contributed by atoms with E-state index in [9.17, 15) is 4.79 Å². The van der Waals surface area contributed by atoms with Crippen molar-refractivity contribution < 1.29 is 9.53 Å². The van der Waals surface area contributed by atoms with Gasteiger partial charge in [0.1, 0.15) is 0 Å². The maximum Gasteiger partial charge on any atom is 0.307 e. The summed E-state index contributed by atoms with van der Waals surface area (Å²) in [5, 5.41) is 7.04. The summed E-state index contributed by atoms with van der Waals surface area (Å²) in [4.78, 5) is 12.5. The predicted molar refractivity (Wildman–Crippen MR) is 50.4 cm³/mol. The lowest BCUT2D eigenvalue weighted by Gasteiger charge is -2.16. The number of esters is 1. The molecule has 0 bridgehead atoms. The average Bonchev–Trinajstić information content (AvgIpc) is 1.98. The SMILES string of the molecule is CC(C)OC(=O)CCN(C)C(=N)N. The largest absolute Gasteiger partial charge is 0.463 e. The number of carbonyl (C=O) groups excluding carboxylic acids is 1. The number of nitrogens with one attached hydrogen (secondary N) is 1. The van der Waals surface area contributed by atoms with E-state index in [1.54, 1.807) is 20.9 Å². The van der Waals surface area contributed by atoms with Crippen LogP contribution in [0.2, 0.25) is 0 Å². The minimum Gasteiger partial charge on any atom is -0.463 e. The van der Waals surface area contributed by atoms with Crippen molar-refractivity contribution in [1.82, 2.24) is 4.90 Å². The molecular formula is C8H17N3O2. The first kappa shape index (κ1) is 11.7. The van der Waals surface area contributed by atoms with Gasteiger partial charge in [-0.1, -0.05) is 0 Å². The number of hydrogen-bond donors (Lipinski definition) is 2. The Bertz CT molecular complexity index is 192. The van der Waals surface area contributed by atoms with Crippen LogP contribution < -0.4 is 5.73 Å². The lowest BCUT2D eigenvalue weighted by atomic mass is 10.4. The topological polar surface area (TPSA) is 79.4 Å². The standard InChI is InChI=1S/C8H17N3O2/c1-6(2)13-7(12)4-5-11(3)8(9)10/h6H,4-5H2,1-3H3,(H3,9,10). The molecule has 0 unspecified atom stereocenters. The smallest absolute Gasteiger partial charge is 0.307 e. The molecule has 0 aromatic heterocycles. The van der Waals surface area contributed by atoms with Gasteiger partial charge in [-0.15, -0.1) is 0 Å². The van der Waals surface area contributed by atoms with Crippen molar-refractivity contribution in [2.75, 3.05) is 13.6 Å². The second-order valence-corrected chi connectivity index (χ2v) is 3.10. The Hall–Kier alpha value is -1.26. The fourth-order valence-corrected chi connectivity index (χ4v) is 0.701. The second-order valence-electron chi connectivity index (χ2n) is 3.10. The lowest BCUT2D eigenvalue weighted by Crippen LogP contribution is -2.34. The molecule has 0 aliphatic rings. The first-order chi connectivity index (χ1) is 5.93. The van der Waals surface area contributed by atoms with Crippen molar-refractivity contribution in [3.63, 3.8) is 0 Å². The predicted octanol–water partition coefficient (Wildman–Crippen LogP) is 0.153. The van der Waals surface area contributed by atoms with Crippen LogP contribution in [0, 0.1) is 5.41 Å². The number of nitrogens with zero attached hydrogens (tertiary/aromatic N) is 1. The fraction of sp³-hybridized carbons (Fsp3) is 0.750. The van der Waals surface area contributed by atoms with Crippen molar-refractivity contribution >= 4 is 11.9 Å². The van der Waals surface area contributed by atoms with Crippen LogP contribution in [0.5, 0.6) is 0 Å². The van der Waals surface area contributed by atoms with Gasteiger partial charge in [-0.25, -0.2) is 0 Å². The Morgan fingerprint density at radius 1 is 1.62 bits per heavy atom. The Morgan fingerprint density at radius 3 is 2.54 bits per heavy atom. The van der Waals surface area contributed by atoms with Gasteiger partial charge in [0, 0.05) is 13.6 Å². The molecule has 0 amide bonds. The zero-order valence-corrected chi connectivity index (χ0v) is 8.33. The molecule has 0 radical (unpaired) electrons. The van der Waals surface area contributed by atoms with Gasteiger partial charge in [-0.05, 0) is 13.8 Å². The highest BCUT2D eigenvalue weighted by Crippen LogP contribution is 1.94. The summed E-state index contributed by atoms with van der Waals surface area (Å²) in [6.07, 6.45) is 0.170. The summed E-state index contributed by atoms with van der Waals surface area (Å²) < 4.78 is 4.90. The third-order valence-corrected chi connectivity index (χ3v) is 1.43. The second kappa shape index (κ2) is 5.40. The zero-order valence-electron chi connectivity index (χ0n) is 8.33. The van der Waals surface area contributed by atoms with Crippen molar-refractivity contribution in [3.05, 3.63) is 0 Å². The van der Waals surface area contributed by atoms with Crippen molar-refractivity contribution in [1.29, 1.82) is 5.41 Å². The molecular weight excluding hydrogens is 170 g/mol. The molecule has 5 nitrogen and oxygen atoms in total. The van der Waals surface area contributed by atoms with Crippen LogP contribution in [0.1, 0.15) is 20.3 Å². The number of guanidine groups is 1. The van der Waals surface area contributed by atoms with E-state index in [-0.39, 0.29) is 24.5 Å². The highest BCUT2D eigenvalue weighted by Gasteiger charge is 2.07. The third kappa shape index (κ3) is 5.95. The number of nitrogens with two attached hydrogens (primary N) is 1. The van der Waals surface area contributed by atoms with Crippen molar-refractivity contribution in [2.24, 2.45) is 5.73 Å². The van der Waals surface area contributed by atoms with E-state index in [0.29, 0.717) is 6.54 Å². The van der Waals surface area contributed by atoms with Crippen LogP contribution in [-0.2, 0) is 9.53 Å². The first-order valence-corrected chi connectivity index (χ1v) is 4.18. The summed E-state index contributed by atoms with van der Waals surface area (Å²) in [5.41, 5.74) is 5.18. The van der Waals surface area contributed by atoms with E-state index >= 15 is 0 Å². The Kier molecular flexibility index (Phi) is 4.87. The van der Waals surface area contributed by atoms with Crippen molar-refractivity contribution in [3.8, 4) is 0 Å². The van der Waals surface area contributed by atoms with Gasteiger partial charge < -0.3 is 15.4 Å². The third-order valence-electron chi connectivity index (χ3n) is 1.43. The van der Waals surface area contributed by atoms with E-state index in [0.717, 1.165) is 0 Å². The van der Waals surface area contributed by atoms with E-state index in [1.807, 2.05) is 0 Å². The molecule has 0 aliphatic heterocycles. The molecule has 5 heteroatoms. The molecule has 0 rings (SSSR count). The van der Waals surface area contributed by atoms with Crippen LogP contribution in [0.3, 0.4) is 0 Å². The van der Waals surface area contributed by atoms with E-state index in [4.69, 9.17) is 15.9 Å². The van der Waals surface area contributed by atoms with Gasteiger partial charge in [-0.2, -0.15) is 0 Å². The number of ether oxygens (including phenoxy) is 1. The Balaban J connectivity index is 3.64. The van der Waals surface area contributed by atoms with Gasteiger partial charge in [0.15, 0.2) is 5.96 Å². The summed E-state index contributed by atoms with van der Waals surface area (Å²) in [7, 11) is 1.66. The molecule has 0 heterocycles. The highest BCUT2D eigenvalue weighted by molar-refractivity contribution is 5.75.